The highest BCUT2D eigenvalue weighted by atomic mass is 16.4. The summed E-state index contributed by atoms with van der Waals surface area (Å²) in [5.74, 6) is -1.07. The Bertz CT molecular complexity index is 530. The quantitative estimate of drug-likeness (QED) is 0.886. The predicted molar refractivity (Wildman–Crippen MR) is 74.4 cm³/mol. The summed E-state index contributed by atoms with van der Waals surface area (Å²) in [6, 6.07) is 5.14. The Morgan fingerprint density at radius 1 is 1.45 bits per heavy atom. The van der Waals surface area contributed by atoms with Crippen LogP contribution in [0.3, 0.4) is 0 Å². The van der Waals surface area contributed by atoms with Gasteiger partial charge in [-0.15, -0.1) is 0 Å². The second-order valence-corrected chi connectivity index (χ2v) is 5.71. The van der Waals surface area contributed by atoms with Gasteiger partial charge in [-0.3, -0.25) is 4.79 Å². The number of rotatable bonds is 3. The number of aliphatic carboxylic acids is 1. The minimum Gasteiger partial charge on any atom is -0.480 e. The fourth-order valence-corrected chi connectivity index (χ4v) is 2.86. The third-order valence-corrected chi connectivity index (χ3v) is 3.88. The molecule has 0 saturated heterocycles. The van der Waals surface area contributed by atoms with Gasteiger partial charge < -0.3 is 10.4 Å². The summed E-state index contributed by atoms with van der Waals surface area (Å²) in [5, 5.41) is 12.2. The first-order chi connectivity index (χ1) is 9.43. The van der Waals surface area contributed by atoms with E-state index in [-0.39, 0.29) is 5.69 Å². The Morgan fingerprint density at radius 2 is 2.20 bits per heavy atom. The van der Waals surface area contributed by atoms with E-state index < -0.39 is 17.4 Å². The molecule has 0 spiro atoms. The minimum absolute atomic E-state index is 0.267. The van der Waals surface area contributed by atoms with Crippen molar-refractivity contribution in [3.05, 3.63) is 29.6 Å². The van der Waals surface area contributed by atoms with Gasteiger partial charge in [-0.1, -0.05) is 25.8 Å². The van der Waals surface area contributed by atoms with Crippen LogP contribution in [0.25, 0.3) is 0 Å². The Morgan fingerprint density at radius 3 is 2.80 bits per heavy atom. The lowest BCUT2D eigenvalue weighted by atomic mass is 9.76. The van der Waals surface area contributed by atoms with Crippen LogP contribution < -0.4 is 5.32 Å². The predicted octanol–water partition coefficient (Wildman–Crippen LogP) is 2.15. The number of carbonyl (C=O) groups is 2. The number of carboxylic acids is 1. The van der Waals surface area contributed by atoms with E-state index in [1.807, 2.05) is 6.92 Å². The molecule has 2 N–H and O–H groups in total. The molecule has 108 valence electrons. The molecule has 20 heavy (non-hydrogen) atoms. The molecule has 1 fully saturated rings. The van der Waals surface area contributed by atoms with Gasteiger partial charge >= 0.3 is 5.97 Å². The fraction of sp³-hybridized carbons (Fsp3) is 0.533. The second kappa shape index (κ2) is 5.61. The topological polar surface area (TPSA) is 79.3 Å². The van der Waals surface area contributed by atoms with Gasteiger partial charge in [0.2, 0.25) is 0 Å². The van der Waals surface area contributed by atoms with Crippen molar-refractivity contribution in [3.63, 3.8) is 0 Å². The zero-order valence-corrected chi connectivity index (χ0v) is 11.8. The summed E-state index contributed by atoms with van der Waals surface area (Å²) in [4.78, 5) is 28.0. The number of amides is 1. The maximum Gasteiger partial charge on any atom is 0.329 e. The molecule has 1 aliphatic carbocycles. The van der Waals surface area contributed by atoms with E-state index in [4.69, 9.17) is 0 Å². The number of hydrogen-bond acceptors (Lipinski definition) is 3. The molecular weight excluding hydrogens is 256 g/mol. The van der Waals surface area contributed by atoms with Crippen LogP contribution in [-0.4, -0.2) is 27.5 Å². The molecule has 2 rings (SSSR count). The lowest BCUT2D eigenvalue weighted by Crippen LogP contribution is -2.56. The Balaban J connectivity index is 2.20. The molecule has 0 aliphatic heterocycles. The van der Waals surface area contributed by atoms with Crippen molar-refractivity contribution >= 4 is 11.9 Å². The first kappa shape index (κ1) is 14.5. The number of carbonyl (C=O) groups excluding carboxylic acids is 1. The van der Waals surface area contributed by atoms with Crippen molar-refractivity contribution in [1.29, 1.82) is 0 Å². The molecule has 1 heterocycles. The zero-order chi connectivity index (χ0) is 14.8. The monoisotopic (exact) mass is 276 g/mol. The normalized spacial score (nSPS) is 26.0. The van der Waals surface area contributed by atoms with Crippen molar-refractivity contribution in [1.82, 2.24) is 10.3 Å². The third kappa shape index (κ3) is 2.98. The van der Waals surface area contributed by atoms with Crippen LogP contribution in [0.2, 0.25) is 0 Å². The summed E-state index contributed by atoms with van der Waals surface area (Å²) in [6.45, 7) is 3.82. The van der Waals surface area contributed by atoms with Gasteiger partial charge in [-0.25, -0.2) is 9.78 Å². The first-order valence-electron chi connectivity index (χ1n) is 6.92. The number of nitrogens with zero attached hydrogens (tertiary/aromatic N) is 1. The highest BCUT2D eigenvalue weighted by Gasteiger charge is 2.43. The van der Waals surface area contributed by atoms with Gasteiger partial charge in [-0.2, -0.15) is 0 Å². The van der Waals surface area contributed by atoms with Gasteiger partial charge in [-0.05, 0) is 37.8 Å². The van der Waals surface area contributed by atoms with Crippen LogP contribution in [0.1, 0.15) is 48.8 Å². The van der Waals surface area contributed by atoms with Crippen LogP contribution in [0.4, 0.5) is 0 Å². The van der Waals surface area contributed by atoms with E-state index in [2.05, 4.69) is 10.3 Å². The molecule has 5 nitrogen and oxygen atoms in total. The average molecular weight is 276 g/mol. The van der Waals surface area contributed by atoms with Crippen LogP contribution >= 0.6 is 0 Å². The maximum atomic E-state index is 12.2. The standard InChI is InChI=1S/C15H20N2O3/c1-10-5-4-8-15(9-10,14(19)20)17-13(18)12-7-3-6-11(2)16-12/h3,6-7,10H,4-5,8-9H2,1-2H3,(H,17,18)(H,19,20). The molecule has 1 aliphatic rings. The molecule has 2 unspecified atom stereocenters. The van der Waals surface area contributed by atoms with E-state index in [0.717, 1.165) is 18.5 Å². The fourth-order valence-electron chi connectivity index (χ4n) is 2.86. The van der Waals surface area contributed by atoms with Gasteiger partial charge in [0.1, 0.15) is 11.2 Å². The number of hydrogen-bond donors (Lipinski definition) is 2. The molecule has 0 bridgehead atoms. The molecular formula is C15H20N2O3. The lowest BCUT2D eigenvalue weighted by molar-refractivity contribution is -0.146. The van der Waals surface area contributed by atoms with Crippen LogP contribution in [0.5, 0.6) is 0 Å². The largest absolute Gasteiger partial charge is 0.480 e. The van der Waals surface area contributed by atoms with Gasteiger partial charge in [0, 0.05) is 5.69 Å². The summed E-state index contributed by atoms with van der Waals surface area (Å²) in [6.07, 6.45) is 2.77. The van der Waals surface area contributed by atoms with Crippen molar-refractivity contribution in [2.24, 2.45) is 5.92 Å². The summed E-state index contributed by atoms with van der Waals surface area (Å²) >= 11 is 0. The molecule has 0 radical (unpaired) electrons. The van der Waals surface area contributed by atoms with Gasteiger partial charge in [0.15, 0.2) is 0 Å². The van der Waals surface area contributed by atoms with E-state index in [0.29, 0.717) is 18.8 Å². The van der Waals surface area contributed by atoms with Crippen molar-refractivity contribution in [2.45, 2.75) is 45.1 Å². The van der Waals surface area contributed by atoms with Crippen LogP contribution in [0.15, 0.2) is 18.2 Å². The first-order valence-corrected chi connectivity index (χ1v) is 6.92. The number of nitrogens with one attached hydrogen (secondary N) is 1. The van der Waals surface area contributed by atoms with E-state index in [1.54, 1.807) is 25.1 Å². The van der Waals surface area contributed by atoms with Crippen LogP contribution in [-0.2, 0) is 4.79 Å². The third-order valence-electron chi connectivity index (χ3n) is 3.88. The summed E-state index contributed by atoms with van der Waals surface area (Å²) in [5.41, 5.74) is -0.150. The Labute approximate surface area is 118 Å². The molecule has 5 heteroatoms. The minimum atomic E-state index is -1.15. The smallest absolute Gasteiger partial charge is 0.329 e. The summed E-state index contributed by atoms with van der Waals surface area (Å²) < 4.78 is 0. The molecule has 1 aromatic heterocycles. The lowest BCUT2D eigenvalue weighted by Gasteiger charge is -2.36. The Kier molecular flexibility index (Phi) is 4.06. The molecule has 1 aromatic rings. The average Bonchev–Trinajstić information content (AvgIpc) is 2.38. The Hall–Kier alpha value is -1.91. The molecule has 2 atom stereocenters. The SMILES string of the molecule is Cc1cccc(C(=O)NC2(C(=O)O)CCCC(C)C2)n1. The zero-order valence-electron chi connectivity index (χ0n) is 11.8. The number of aromatic nitrogens is 1. The highest BCUT2D eigenvalue weighted by Crippen LogP contribution is 2.32. The number of pyridine rings is 1. The molecule has 0 aromatic carbocycles. The summed E-state index contributed by atoms with van der Waals surface area (Å²) in [7, 11) is 0. The molecule has 1 amide bonds. The van der Waals surface area contributed by atoms with E-state index in [9.17, 15) is 14.7 Å². The number of carboxylic acid groups (broad SMARTS) is 1. The van der Waals surface area contributed by atoms with E-state index >= 15 is 0 Å². The molecule has 1 saturated carbocycles. The highest BCUT2D eigenvalue weighted by molar-refractivity contribution is 5.96. The van der Waals surface area contributed by atoms with Crippen molar-refractivity contribution < 1.29 is 14.7 Å². The second-order valence-electron chi connectivity index (χ2n) is 5.71. The van der Waals surface area contributed by atoms with Gasteiger partial charge in [0.25, 0.3) is 5.91 Å². The maximum absolute atomic E-state index is 12.2. The van der Waals surface area contributed by atoms with Crippen molar-refractivity contribution in [3.8, 4) is 0 Å². The van der Waals surface area contributed by atoms with Crippen LogP contribution in [0, 0.1) is 12.8 Å². The van der Waals surface area contributed by atoms with E-state index in [1.165, 1.54) is 0 Å². The number of aryl methyl sites for hydroxylation is 1. The van der Waals surface area contributed by atoms with Gasteiger partial charge in [0.05, 0.1) is 0 Å². The van der Waals surface area contributed by atoms with Crippen molar-refractivity contribution in [2.75, 3.05) is 0 Å².